The highest BCUT2D eigenvalue weighted by Gasteiger charge is 2.21. The number of hydrogen-bond acceptors (Lipinski definition) is 5. The molecule has 21 heavy (non-hydrogen) atoms. The van der Waals surface area contributed by atoms with Gasteiger partial charge in [-0.1, -0.05) is 13.8 Å². The third-order valence-electron chi connectivity index (χ3n) is 2.67. The summed E-state index contributed by atoms with van der Waals surface area (Å²) in [5.74, 6) is -0.0994. The van der Waals surface area contributed by atoms with E-state index in [-0.39, 0.29) is 22.9 Å². The van der Waals surface area contributed by atoms with Crippen LogP contribution in [0.4, 0.5) is 5.69 Å². The minimum absolute atomic E-state index is 0.0437. The van der Waals surface area contributed by atoms with Crippen molar-refractivity contribution in [2.24, 2.45) is 5.92 Å². The van der Waals surface area contributed by atoms with Crippen LogP contribution < -0.4 is 10.1 Å². The summed E-state index contributed by atoms with van der Waals surface area (Å²) in [5.41, 5.74) is -0.172. The van der Waals surface area contributed by atoms with Crippen molar-refractivity contribution in [3.8, 4) is 5.75 Å². The highest BCUT2D eigenvalue weighted by molar-refractivity contribution is 5.81. The number of rotatable bonds is 7. The molecule has 114 valence electrons. The van der Waals surface area contributed by atoms with E-state index in [2.05, 4.69) is 5.32 Å². The quantitative estimate of drug-likeness (QED) is 0.471. The van der Waals surface area contributed by atoms with Crippen molar-refractivity contribution in [3.63, 3.8) is 0 Å². The maximum Gasteiger partial charge on any atom is 0.311 e. The summed E-state index contributed by atoms with van der Waals surface area (Å²) < 4.78 is 5.33. The molecule has 0 spiro atoms. The Labute approximate surface area is 122 Å². The number of nitro benzene ring substituents is 1. The summed E-state index contributed by atoms with van der Waals surface area (Å²) in [4.78, 5) is 32.8. The van der Waals surface area contributed by atoms with Crippen molar-refractivity contribution in [1.29, 1.82) is 0 Å². The van der Waals surface area contributed by atoms with Gasteiger partial charge in [0.15, 0.2) is 11.9 Å². The maximum atomic E-state index is 11.8. The average Bonchev–Trinajstić information content (AvgIpc) is 2.44. The number of benzene rings is 1. The number of nitrogens with zero attached hydrogens (tertiary/aromatic N) is 1. The fraction of sp³-hybridized carbons (Fsp3) is 0.429. The zero-order chi connectivity index (χ0) is 16.0. The predicted molar refractivity (Wildman–Crippen MR) is 76.4 cm³/mol. The van der Waals surface area contributed by atoms with E-state index in [0.717, 1.165) is 6.07 Å². The van der Waals surface area contributed by atoms with Crippen LogP contribution >= 0.6 is 0 Å². The van der Waals surface area contributed by atoms with Crippen LogP contribution in [0, 0.1) is 16.0 Å². The summed E-state index contributed by atoms with van der Waals surface area (Å²) in [7, 11) is 0. The van der Waals surface area contributed by atoms with Gasteiger partial charge in [0, 0.05) is 18.2 Å². The fourth-order valence-electron chi connectivity index (χ4n) is 1.54. The number of nitrogens with one attached hydrogen (secondary N) is 1. The van der Waals surface area contributed by atoms with E-state index < -0.39 is 11.0 Å². The lowest BCUT2D eigenvalue weighted by Gasteiger charge is -2.15. The Morgan fingerprint density at radius 1 is 1.43 bits per heavy atom. The first-order chi connectivity index (χ1) is 9.85. The minimum atomic E-state index is -0.871. The van der Waals surface area contributed by atoms with E-state index >= 15 is 0 Å². The molecule has 0 unspecified atom stereocenters. The number of amides is 1. The maximum absolute atomic E-state index is 11.8. The van der Waals surface area contributed by atoms with Crippen LogP contribution in [0.1, 0.15) is 31.1 Å². The van der Waals surface area contributed by atoms with Crippen LogP contribution in [0.15, 0.2) is 18.2 Å². The molecular formula is C14H18N2O5. The van der Waals surface area contributed by atoms with Gasteiger partial charge in [-0.3, -0.25) is 19.7 Å². The Hall–Kier alpha value is -2.44. The molecule has 1 atom stereocenters. The lowest BCUT2D eigenvalue weighted by atomic mass is 10.2. The minimum Gasteiger partial charge on any atom is -0.474 e. The fourth-order valence-corrected chi connectivity index (χ4v) is 1.54. The average molecular weight is 294 g/mol. The third-order valence-corrected chi connectivity index (χ3v) is 2.67. The Balaban J connectivity index is 2.84. The normalized spacial score (nSPS) is 11.8. The molecule has 0 fully saturated rings. The largest absolute Gasteiger partial charge is 0.474 e. The molecule has 0 aromatic heterocycles. The Morgan fingerprint density at radius 3 is 2.62 bits per heavy atom. The van der Waals surface area contributed by atoms with Crippen LogP contribution in [-0.4, -0.2) is 29.8 Å². The van der Waals surface area contributed by atoms with Crippen molar-refractivity contribution in [2.75, 3.05) is 6.54 Å². The molecule has 7 heteroatoms. The molecule has 0 bridgehead atoms. The number of carbonyl (C=O) groups excluding carboxylic acids is 2. The van der Waals surface area contributed by atoms with Crippen LogP contribution in [0.2, 0.25) is 0 Å². The Bertz CT molecular complexity index is 542. The van der Waals surface area contributed by atoms with Crippen molar-refractivity contribution < 1.29 is 19.2 Å². The van der Waals surface area contributed by atoms with Crippen LogP contribution in [0.3, 0.4) is 0 Å². The molecule has 0 heterocycles. The summed E-state index contributed by atoms with van der Waals surface area (Å²) in [6, 6.07) is 3.82. The molecule has 1 amide bonds. The van der Waals surface area contributed by atoms with Gasteiger partial charge in [-0.2, -0.15) is 0 Å². The van der Waals surface area contributed by atoms with Gasteiger partial charge in [-0.25, -0.2) is 0 Å². The van der Waals surface area contributed by atoms with Crippen molar-refractivity contribution in [1.82, 2.24) is 5.32 Å². The smallest absolute Gasteiger partial charge is 0.311 e. The highest BCUT2D eigenvalue weighted by atomic mass is 16.6. The molecular weight excluding hydrogens is 276 g/mol. The molecule has 1 aromatic rings. The van der Waals surface area contributed by atoms with Crippen LogP contribution in [0.5, 0.6) is 5.75 Å². The summed E-state index contributed by atoms with van der Waals surface area (Å²) in [6.45, 7) is 5.91. The second kappa shape index (κ2) is 7.37. The second-order valence-electron chi connectivity index (χ2n) is 5.00. The first kappa shape index (κ1) is 16.6. The summed E-state index contributed by atoms with van der Waals surface area (Å²) in [5, 5.41) is 13.6. The lowest BCUT2D eigenvalue weighted by molar-refractivity contribution is -0.386. The van der Waals surface area contributed by atoms with E-state index in [1.807, 2.05) is 13.8 Å². The van der Waals surface area contributed by atoms with E-state index in [4.69, 9.17) is 4.74 Å². The molecule has 0 aliphatic heterocycles. The van der Waals surface area contributed by atoms with Gasteiger partial charge < -0.3 is 10.1 Å². The Morgan fingerprint density at radius 2 is 2.10 bits per heavy atom. The SMILES string of the molecule is CC(C)CNC(=O)[C@@H](C)Oc1ccc(C=O)cc1[N+](=O)[O-]. The number of ether oxygens (including phenoxy) is 1. The molecule has 1 aromatic carbocycles. The van der Waals surface area contributed by atoms with Crippen LogP contribution in [0.25, 0.3) is 0 Å². The number of carbonyl (C=O) groups is 2. The van der Waals surface area contributed by atoms with Gasteiger partial charge in [0.1, 0.15) is 6.29 Å². The van der Waals surface area contributed by atoms with E-state index in [1.165, 1.54) is 19.1 Å². The molecule has 7 nitrogen and oxygen atoms in total. The molecule has 0 aliphatic carbocycles. The van der Waals surface area contributed by atoms with Crippen molar-refractivity contribution in [3.05, 3.63) is 33.9 Å². The zero-order valence-electron chi connectivity index (χ0n) is 12.2. The van der Waals surface area contributed by atoms with Gasteiger partial charge in [0.2, 0.25) is 0 Å². The van der Waals surface area contributed by atoms with Crippen molar-refractivity contribution in [2.45, 2.75) is 26.9 Å². The third kappa shape index (κ3) is 4.87. The molecule has 0 aliphatic rings. The van der Waals surface area contributed by atoms with E-state index in [1.54, 1.807) is 0 Å². The summed E-state index contributed by atoms with van der Waals surface area (Å²) >= 11 is 0. The van der Waals surface area contributed by atoms with Gasteiger partial charge in [-0.15, -0.1) is 0 Å². The predicted octanol–water partition coefficient (Wildman–Crippen LogP) is 1.95. The lowest BCUT2D eigenvalue weighted by Crippen LogP contribution is -2.38. The molecule has 0 radical (unpaired) electrons. The van der Waals surface area contributed by atoms with E-state index in [9.17, 15) is 19.7 Å². The highest BCUT2D eigenvalue weighted by Crippen LogP contribution is 2.28. The van der Waals surface area contributed by atoms with E-state index in [0.29, 0.717) is 18.7 Å². The number of nitro groups is 1. The van der Waals surface area contributed by atoms with Crippen molar-refractivity contribution >= 4 is 17.9 Å². The topological polar surface area (TPSA) is 98.5 Å². The van der Waals surface area contributed by atoms with Gasteiger partial charge in [-0.05, 0) is 25.0 Å². The number of hydrogen-bond donors (Lipinski definition) is 1. The number of aldehydes is 1. The van der Waals surface area contributed by atoms with Crippen LogP contribution in [-0.2, 0) is 4.79 Å². The molecule has 1 N–H and O–H groups in total. The van der Waals surface area contributed by atoms with Gasteiger partial charge in [0.05, 0.1) is 4.92 Å². The molecule has 1 rings (SSSR count). The first-order valence-corrected chi connectivity index (χ1v) is 6.53. The second-order valence-corrected chi connectivity index (χ2v) is 5.00. The van der Waals surface area contributed by atoms with Gasteiger partial charge >= 0.3 is 5.69 Å². The zero-order valence-corrected chi connectivity index (χ0v) is 12.2. The first-order valence-electron chi connectivity index (χ1n) is 6.53. The molecule has 0 saturated carbocycles. The van der Waals surface area contributed by atoms with Gasteiger partial charge in [0.25, 0.3) is 5.91 Å². The Kier molecular flexibility index (Phi) is 5.83. The summed E-state index contributed by atoms with van der Waals surface area (Å²) in [6.07, 6.45) is -0.361. The standard InChI is InChI=1S/C14H18N2O5/c1-9(2)7-15-14(18)10(3)21-13-5-4-11(8-17)6-12(13)16(19)20/h4-6,8-10H,7H2,1-3H3,(H,15,18)/t10-/m1/s1. The molecule has 0 saturated heterocycles. The monoisotopic (exact) mass is 294 g/mol.